The lowest BCUT2D eigenvalue weighted by atomic mass is 10.3. The van der Waals surface area contributed by atoms with Crippen molar-refractivity contribution in [1.29, 1.82) is 0 Å². The number of hydrogen-bond acceptors (Lipinski definition) is 4. The van der Waals surface area contributed by atoms with Crippen molar-refractivity contribution in [3.8, 4) is 0 Å². The van der Waals surface area contributed by atoms with Crippen LogP contribution in [-0.4, -0.2) is 21.8 Å². The lowest BCUT2D eigenvalue weighted by Gasteiger charge is -1.95. The molecule has 0 aliphatic rings. The zero-order valence-corrected chi connectivity index (χ0v) is 9.27. The molecule has 1 N–H and O–H groups in total. The van der Waals surface area contributed by atoms with Crippen LogP contribution >= 0.6 is 23.3 Å². The number of rotatable bonds is 4. The van der Waals surface area contributed by atoms with Crippen LogP contribution in [-0.2, 0) is 0 Å². The predicted octanol–water partition coefficient (Wildman–Crippen LogP) is 2.77. The van der Waals surface area contributed by atoms with Gasteiger partial charge in [-0.15, -0.1) is 11.8 Å². The standard InChI is InChI=1S/C10H11NOS2/c12-6-3-7-13-10-8-4-1-2-5-9(8)11-14-10/h1-2,4-5,12H,3,6-7H2. The third-order valence-corrected chi connectivity index (χ3v) is 4.11. The number of aliphatic hydroxyl groups is 1. The molecule has 0 saturated heterocycles. The number of fused-ring (bicyclic) bond motifs is 1. The van der Waals surface area contributed by atoms with Gasteiger partial charge in [0.2, 0.25) is 0 Å². The van der Waals surface area contributed by atoms with Crippen molar-refractivity contribution in [2.45, 2.75) is 10.6 Å². The molecule has 2 rings (SSSR count). The number of aliphatic hydroxyl groups excluding tert-OH is 1. The first-order valence-corrected chi connectivity index (χ1v) is 6.26. The minimum atomic E-state index is 0.268. The Bertz CT molecular complexity index is 413. The molecule has 0 radical (unpaired) electrons. The molecule has 0 spiro atoms. The first kappa shape index (κ1) is 9.96. The lowest BCUT2D eigenvalue weighted by molar-refractivity contribution is 0.296. The Kier molecular flexibility index (Phi) is 3.39. The van der Waals surface area contributed by atoms with Crippen LogP contribution in [0.1, 0.15) is 6.42 Å². The van der Waals surface area contributed by atoms with Crippen LogP contribution in [0.25, 0.3) is 10.9 Å². The molecule has 4 heteroatoms. The Hall–Kier alpha value is -0.580. The van der Waals surface area contributed by atoms with Crippen molar-refractivity contribution in [2.75, 3.05) is 12.4 Å². The van der Waals surface area contributed by atoms with E-state index in [0.29, 0.717) is 0 Å². The predicted molar refractivity (Wildman–Crippen MR) is 62.0 cm³/mol. The molecule has 74 valence electrons. The number of aromatic nitrogens is 1. The highest BCUT2D eigenvalue weighted by Crippen LogP contribution is 2.31. The molecule has 14 heavy (non-hydrogen) atoms. The molecule has 2 nitrogen and oxygen atoms in total. The normalized spacial score (nSPS) is 10.9. The first-order valence-electron chi connectivity index (χ1n) is 4.50. The minimum absolute atomic E-state index is 0.268. The highest BCUT2D eigenvalue weighted by molar-refractivity contribution is 8.01. The van der Waals surface area contributed by atoms with Gasteiger partial charge in [0, 0.05) is 17.7 Å². The average Bonchev–Trinajstić information content (AvgIpc) is 2.63. The summed E-state index contributed by atoms with van der Waals surface area (Å²) in [6, 6.07) is 8.17. The van der Waals surface area contributed by atoms with Crippen molar-refractivity contribution in [2.24, 2.45) is 0 Å². The van der Waals surface area contributed by atoms with Gasteiger partial charge >= 0.3 is 0 Å². The summed E-state index contributed by atoms with van der Waals surface area (Å²) in [5, 5.41) is 9.92. The quantitative estimate of drug-likeness (QED) is 0.641. The maximum absolute atomic E-state index is 8.68. The van der Waals surface area contributed by atoms with Gasteiger partial charge in [0.25, 0.3) is 0 Å². The molecule has 2 aromatic rings. The van der Waals surface area contributed by atoms with Gasteiger partial charge < -0.3 is 5.11 Å². The molecular weight excluding hydrogens is 214 g/mol. The molecule has 1 aromatic heterocycles. The summed E-state index contributed by atoms with van der Waals surface area (Å²) in [7, 11) is 0. The van der Waals surface area contributed by atoms with Crippen LogP contribution in [0.15, 0.2) is 28.5 Å². The van der Waals surface area contributed by atoms with Gasteiger partial charge in [0.1, 0.15) is 0 Å². The van der Waals surface area contributed by atoms with E-state index in [1.165, 1.54) is 9.60 Å². The first-order chi connectivity index (χ1) is 6.92. The van der Waals surface area contributed by atoms with Gasteiger partial charge in [-0.1, -0.05) is 18.2 Å². The zero-order chi connectivity index (χ0) is 9.80. The van der Waals surface area contributed by atoms with Crippen molar-refractivity contribution >= 4 is 34.2 Å². The largest absolute Gasteiger partial charge is 0.396 e. The van der Waals surface area contributed by atoms with Gasteiger partial charge in [-0.2, -0.15) is 4.37 Å². The van der Waals surface area contributed by atoms with Gasteiger partial charge in [-0.3, -0.25) is 0 Å². The molecule has 0 fully saturated rings. The summed E-state index contributed by atoms with van der Waals surface area (Å²) in [5.41, 5.74) is 1.07. The maximum atomic E-state index is 8.68. The van der Waals surface area contributed by atoms with E-state index in [9.17, 15) is 0 Å². The second-order valence-corrected chi connectivity index (χ2v) is 5.05. The molecule has 0 atom stereocenters. The highest BCUT2D eigenvalue weighted by Gasteiger charge is 2.04. The topological polar surface area (TPSA) is 33.1 Å². The van der Waals surface area contributed by atoms with Crippen LogP contribution in [0.4, 0.5) is 0 Å². The van der Waals surface area contributed by atoms with Crippen molar-refractivity contribution < 1.29 is 5.11 Å². The summed E-state index contributed by atoms with van der Waals surface area (Å²) in [6.07, 6.45) is 0.844. The summed E-state index contributed by atoms with van der Waals surface area (Å²) in [4.78, 5) is 0. The lowest BCUT2D eigenvalue weighted by Crippen LogP contribution is -1.84. The molecule has 0 aliphatic carbocycles. The summed E-state index contributed by atoms with van der Waals surface area (Å²) in [6.45, 7) is 0.268. The van der Waals surface area contributed by atoms with Crippen LogP contribution in [0.5, 0.6) is 0 Å². The van der Waals surface area contributed by atoms with Crippen LogP contribution in [0.3, 0.4) is 0 Å². The van der Waals surface area contributed by atoms with E-state index in [1.54, 1.807) is 23.3 Å². The van der Waals surface area contributed by atoms with E-state index in [0.717, 1.165) is 17.7 Å². The zero-order valence-electron chi connectivity index (χ0n) is 7.64. The Balaban J connectivity index is 2.17. The number of benzene rings is 1. The molecule has 1 heterocycles. The molecule has 1 aromatic carbocycles. The third-order valence-electron chi connectivity index (χ3n) is 1.89. The summed E-state index contributed by atoms with van der Waals surface area (Å²) >= 11 is 3.32. The van der Waals surface area contributed by atoms with E-state index in [1.807, 2.05) is 18.2 Å². The Morgan fingerprint density at radius 3 is 3.07 bits per heavy atom. The average molecular weight is 225 g/mol. The van der Waals surface area contributed by atoms with Gasteiger partial charge in [-0.25, -0.2) is 0 Å². The van der Waals surface area contributed by atoms with E-state index in [-0.39, 0.29) is 6.61 Å². The number of hydrogen-bond donors (Lipinski definition) is 1. The molecule has 0 saturated carbocycles. The smallest absolute Gasteiger partial charge is 0.0885 e. The third kappa shape index (κ3) is 2.08. The molecular formula is C10H11NOS2. The van der Waals surface area contributed by atoms with Gasteiger partial charge in [0.15, 0.2) is 0 Å². The van der Waals surface area contributed by atoms with E-state index in [4.69, 9.17) is 5.11 Å². The Labute approximate surface area is 91.1 Å². The van der Waals surface area contributed by atoms with Gasteiger partial charge in [-0.05, 0) is 24.0 Å². The second kappa shape index (κ2) is 4.77. The van der Waals surface area contributed by atoms with E-state index >= 15 is 0 Å². The fourth-order valence-electron chi connectivity index (χ4n) is 1.20. The van der Waals surface area contributed by atoms with E-state index < -0.39 is 0 Å². The maximum Gasteiger partial charge on any atom is 0.0885 e. The fourth-order valence-corrected chi connectivity index (χ4v) is 3.17. The molecule has 0 bridgehead atoms. The summed E-state index contributed by atoms with van der Waals surface area (Å²) in [5.74, 6) is 0.961. The Morgan fingerprint density at radius 2 is 2.21 bits per heavy atom. The number of thioether (sulfide) groups is 1. The molecule has 0 aliphatic heterocycles. The van der Waals surface area contributed by atoms with Crippen LogP contribution < -0.4 is 0 Å². The minimum Gasteiger partial charge on any atom is -0.396 e. The SMILES string of the molecule is OCCCSc1snc2ccccc12. The van der Waals surface area contributed by atoms with Crippen LogP contribution in [0.2, 0.25) is 0 Å². The van der Waals surface area contributed by atoms with Crippen molar-refractivity contribution in [1.82, 2.24) is 4.37 Å². The van der Waals surface area contributed by atoms with Crippen LogP contribution in [0, 0.1) is 0 Å². The molecule has 0 amide bonds. The summed E-state index contributed by atoms with van der Waals surface area (Å²) < 4.78 is 5.61. The monoisotopic (exact) mass is 225 g/mol. The number of nitrogens with zero attached hydrogens (tertiary/aromatic N) is 1. The van der Waals surface area contributed by atoms with Crippen molar-refractivity contribution in [3.05, 3.63) is 24.3 Å². The van der Waals surface area contributed by atoms with E-state index in [2.05, 4.69) is 10.4 Å². The molecule has 0 unspecified atom stereocenters. The Morgan fingerprint density at radius 1 is 1.36 bits per heavy atom. The second-order valence-electron chi connectivity index (χ2n) is 2.91. The van der Waals surface area contributed by atoms with Gasteiger partial charge in [0.05, 0.1) is 9.73 Å². The highest BCUT2D eigenvalue weighted by atomic mass is 32.2. The van der Waals surface area contributed by atoms with Crippen molar-refractivity contribution in [3.63, 3.8) is 0 Å². The fraction of sp³-hybridized carbons (Fsp3) is 0.300.